The van der Waals surface area contributed by atoms with Crippen LogP contribution >= 0.6 is 27.5 Å². The SMILES string of the molecule is C=CCCOc1c(Cl)ccnc1Br. The average molecular weight is 263 g/mol. The molecule has 13 heavy (non-hydrogen) atoms. The molecule has 0 saturated carbocycles. The van der Waals surface area contributed by atoms with Crippen molar-refractivity contribution < 1.29 is 4.74 Å². The van der Waals surface area contributed by atoms with Crippen molar-refractivity contribution in [2.75, 3.05) is 6.61 Å². The van der Waals surface area contributed by atoms with Gasteiger partial charge >= 0.3 is 0 Å². The van der Waals surface area contributed by atoms with Crippen molar-refractivity contribution in [3.8, 4) is 5.75 Å². The smallest absolute Gasteiger partial charge is 0.170 e. The maximum Gasteiger partial charge on any atom is 0.170 e. The summed E-state index contributed by atoms with van der Waals surface area (Å²) in [6, 6.07) is 1.69. The molecule has 1 aromatic rings. The first-order valence-electron chi connectivity index (χ1n) is 3.79. The molecule has 0 spiro atoms. The van der Waals surface area contributed by atoms with E-state index in [1.54, 1.807) is 18.3 Å². The van der Waals surface area contributed by atoms with Gasteiger partial charge in [-0.3, -0.25) is 0 Å². The maximum absolute atomic E-state index is 5.89. The fourth-order valence-electron chi connectivity index (χ4n) is 0.774. The Morgan fingerprint density at radius 2 is 2.46 bits per heavy atom. The second-order valence-corrected chi connectivity index (χ2v) is 3.50. The highest BCUT2D eigenvalue weighted by Gasteiger charge is 2.06. The van der Waals surface area contributed by atoms with Gasteiger partial charge in [0.25, 0.3) is 0 Å². The van der Waals surface area contributed by atoms with Gasteiger partial charge in [0.15, 0.2) is 5.75 Å². The van der Waals surface area contributed by atoms with Crippen LogP contribution in [0.5, 0.6) is 5.75 Å². The lowest BCUT2D eigenvalue weighted by Crippen LogP contribution is -1.97. The van der Waals surface area contributed by atoms with Crippen LogP contribution < -0.4 is 4.74 Å². The summed E-state index contributed by atoms with van der Waals surface area (Å²) < 4.78 is 6.02. The molecule has 0 aliphatic rings. The van der Waals surface area contributed by atoms with E-state index < -0.39 is 0 Å². The minimum absolute atomic E-state index is 0.561. The fraction of sp³-hybridized carbons (Fsp3) is 0.222. The van der Waals surface area contributed by atoms with Gasteiger partial charge in [-0.15, -0.1) is 6.58 Å². The van der Waals surface area contributed by atoms with Gasteiger partial charge in [0, 0.05) is 6.20 Å². The van der Waals surface area contributed by atoms with E-state index in [0.717, 1.165) is 6.42 Å². The predicted octanol–water partition coefficient (Wildman–Crippen LogP) is 3.45. The first-order chi connectivity index (χ1) is 6.25. The van der Waals surface area contributed by atoms with Gasteiger partial charge in [-0.05, 0) is 28.4 Å². The van der Waals surface area contributed by atoms with E-state index in [0.29, 0.717) is 22.0 Å². The van der Waals surface area contributed by atoms with Crippen LogP contribution in [0.2, 0.25) is 5.02 Å². The number of aromatic nitrogens is 1. The number of rotatable bonds is 4. The molecule has 0 amide bonds. The van der Waals surface area contributed by atoms with Crippen LogP contribution in [-0.4, -0.2) is 11.6 Å². The molecule has 0 aliphatic heterocycles. The average Bonchev–Trinajstić information content (AvgIpc) is 2.10. The molecular weight excluding hydrogens is 253 g/mol. The first-order valence-corrected chi connectivity index (χ1v) is 4.96. The summed E-state index contributed by atoms with van der Waals surface area (Å²) in [5.74, 6) is 0.589. The Kier molecular flexibility index (Phi) is 4.25. The molecule has 0 atom stereocenters. The molecule has 70 valence electrons. The van der Waals surface area contributed by atoms with Crippen LogP contribution in [0.1, 0.15) is 6.42 Å². The third kappa shape index (κ3) is 3.01. The van der Waals surface area contributed by atoms with Crippen LogP contribution in [0.4, 0.5) is 0 Å². The van der Waals surface area contributed by atoms with Crippen LogP contribution in [0.25, 0.3) is 0 Å². The van der Waals surface area contributed by atoms with E-state index in [-0.39, 0.29) is 0 Å². The van der Waals surface area contributed by atoms with Crippen molar-refractivity contribution in [2.24, 2.45) is 0 Å². The molecule has 0 aliphatic carbocycles. The van der Waals surface area contributed by atoms with Gasteiger partial charge in [-0.25, -0.2) is 4.98 Å². The lowest BCUT2D eigenvalue weighted by molar-refractivity contribution is 0.321. The van der Waals surface area contributed by atoms with Crippen LogP contribution in [0.3, 0.4) is 0 Å². The fourth-order valence-corrected chi connectivity index (χ4v) is 1.53. The van der Waals surface area contributed by atoms with E-state index in [1.165, 1.54) is 0 Å². The second-order valence-electron chi connectivity index (χ2n) is 2.34. The molecule has 0 fully saturated rings. The summed E-state index contributed by atoms with van der Waals surface area (Å²) in [4.78, 5) is 4.00. The topological polar surface area (TPSA) is 22.1 Å². The summed E-state index contributed by atoms with van der Waals surface area (Å²) in [5.41, 5.74) is 0. The third-order valence-electron chi connectivity index (χ3n) is 1.38. The summed E-state index contributed by atoms with van der Waals surface area (Å²) in [7, 11) is 0. The standard InChI is InChI=1S/C9H9BrClNO/c1-2-3-6-13-8-7(11)4-5-12-9(8)10/h2,4-5H,1,3,6H2. The van der Waals surface area contributed by atoms with E-state index >= 15 is 0 Å². The highest BCUT2D eigenvalue weighted by Crippen LogP contribution is 2.30. The summed E-state index contributed by atoms with van der Waals surface area (Å²) in [5, 5.41) is 0.561. The Morgan fingerprint density at radius 3 is 3.08 bits per heavy atom. The first kappa shape index (κ1) is 10.5. The molecule has 4 heteroatoms. The molecule has 0 N–H and O–H groups in total. The molecule has 0 unspecified atom stereocenters. The molecule has 0 bridgehead atoms. The second kappa shape index (κ2) is 5.25. The van der Waals surface area contributed by atoms with Gasteiger partial charge in [-0.1, -0.05) is 17.7 Å². The molecule has 2 nitrogen and oxygen atoms in total. The molecule has 0 radical (unpaired) electrons. The Labute approximate surface area is 90.7 Å². The molecular formula is C9H9BrClNO. The highest BCUT2D eigenvalue weighted by molar-refractivity contribution is 9.10. The zero-order valence-electron chi connectivity index (χ0n) is 6.96. The molecule has 1 rings (SSSR count). The van der Waals surface area contributed by atoms with E-state index in [4.69, 9.17) is 16.3 Å². The van der Waals surface area contributed by atoms with E-state index in [1.807, 2.05) is 0 Å². The van der Waals surface area contributed by atoms with Crippen molar-refractivity contribution in [3.05, 3.63) is 34.5 Å². The molecule has 1 heterocycles. The number of ether oxygens (including phenoxy) is 1. The predicted molar refractivity (Wildman–Crippen MR) is 57.3 cm³/mol. The molecule has 0 aromatic carbocycles. The van der Waals surface area contributed by atoms with Crippen molar-refractivity contribution in [1.82, 2.24) is 4.98 Å². The van der Waals surface area contributed by atoms with Crippen molar-refractivity contribution in [1.29, 1.82) is 0 Å². The minimum Gasteiger partial charge on any atom is -0.489 e. The minimum atomic E-state index is 0.561. The van der Waals surface area contributed by atoms with E-state index in [2.05, 4.69) is 27.5 Å². The van der Waals surface area contributed by atoms with Gasteiger partial charge in [0.1, 0.15) is 4.60 Å². The lowest BCUT2D eigenvalue weighted by atomic mass is 10.4. The zero-order chi connectivity index (χ0) is 9.68. The Balaban J connectivity index is 2.69. The van der Waals surface area contributed by atoms with Crippen LogP contribution in [0.15, 0.2) is 29.5 Å². The summed E-state index contributed by atoms with van der Waals surface area (Å²) in [6.45, 7) is 4.16. The molecule has 0 saturated heterocycles. The van der Waals surface area contributed by atoms with E-state index in [9.17, 15) is 0 Å². The number of nitrogens with zero attached hydrogens (tertiary/aromatic N) is 1. The quantitative estimate of drug-likeness (QED) is 0.471. The normalized spacial score (nSPS) is 9.69. The van der Waals surface area contributed by atoms with Crippen molar-refractivity contribution in [3.63, 3.8) is 0 Å². The number of hydrogen-bond acceptors (Lipinski definition) is 2. The lowest BCUT2D eigenvalue weighted by Gasteiger charge is -2.07. The van der Waals surface area contributed by atoms with Crippen molar-refractivity contribution >= 4 is 27.5 Å². The Bertz CT molecular complexity index is 283. The van der Waals surface area contributed by atoms with Crippen LogP contribution in [0, 0.1) is 0 Å². The highest BCUT2D eigenvalue weighted by atomic mass is 79.9. The summed E-state index contributed by atoms with van der Waals surface area (Å²) >= 11 is 9.14. The van der Waals surface area contributed by atoms with Gasteiger partial charge in [-0.2, -0.15) is 0 Å². The van der Waals surface area contributed by atoms with Crippen LogP contribution in [-0.2, 0) is 0 Å². The van der Waals surface area contributed by atoms with Gasteiger partial charge < -0.3 is 4.74 Å². The number of halogens is 2. The summed E-state index contributed by atoms with van der Waals surface area (Å²) in [6.07, 6.45) is 4.20. The number of hydrogen-bond donors (Lipinski definition) is 0. The van der Waals surface area contributed by atoms with Gasteiger partial charge in [0.2, 0.25) is 0 Å². The number of pyridine rings is 1. The Hall–Kier alpha value is -0.540. The maximum atomic E-state index is 5.89. The Morgan fingerprint density at radius 1 is 1.69 bits per heavy atom. The zero-order valence-corrected chi connectivity index (χ0v) is 9.31. The third-order valence-corrected chi connectivity index (χ3v) is 2.24. The largest absolute Gasteiger partial charge is 0.489 e. The monoisotopic (exact) mass is 261 g/mol. The van der Waals surface area contributed by atoms with Gasteiger partial charge in [0.05, 0.1) is 11.6 Å². The van der Waals surface area contributed by atoms with Crippen molar-refractivity contribution in [2.45, 2.75) is 6.42 Å². The molecule has 1 aromatic heterocycles.